The van der Waals surface area contributed by atoms with Gasteiger partial charge in [-0.25, -0.2) is 4.98 Å². The van der Waals surface area contributed by atoms with Crippen LogP contribution in [-0.4, -0.2) is 17.5 Å². The van der Waals surface area contributed by atoms with Crippen molar-refractivity contribution >= 4 is 34.9 Å². The maximum Gasteiger partial charge on any atom is 0.299 e. The molecule has 0 saturated heterocycles. The molecule has 0 fully saturated rings. The Morgan fingerprint density at radius 3 is 2.88 bits per heavy atom. The van der Waals surface area contributed by atoms with E-state index in [1.165, 1.54) is 0 Å². The predicted octanol–water partition coefficient (Wildman–Crippen LogP) is 4.07. The number of ether oxygens (including phenoxy) is 1. The largest absolute Gasteiger partial charge is 0.482 e. The molecule has 2 heterocycles. The molecule has 6 nitrogen and oxygen atoms in total. The van der Waals surface area contributed by atoms with E-state index in [2.05, 4.69) is 15.6 Å². The summed E-state index contributed by atoms with van der Waals surface area (Å²) in [5.41, 5.74) is 2.05. The number of oxazole rings is 1. The van der Waals surface area contributed by atoms with E-state index in [4.69, 9.17) is 20.8 Å². The predicted molar refractivity (Wildman–Crippen MR) is 90.8 cm³/mol. The third kappa shape index (κ3) is 2.79. The number of halogens is 1. The first-order valence-corrected chi connectivity index (χ1v) is 7.61. The summed E-state index contributed by atoms with van der Waals surface area (Å²) in [6, 6.07) is 13.3. The van der Waals surface area contributed by atoms with Gasteiger partial charge in [0.25, 0.3) is 11.9 Å². The van der Waals surface area contributed by atoms with Gasteiger partial charge >= 0.3 is 0 Å². The summed E-state index contributed by atoms with van der Waals surface area (Å²) in [5.74, 6) is 0.978. The van der Waals surface area contributed by atoms with Crippen LogP contribution in [0.4, 0.5) is 17.4 Å². The van der Waals surface area contributed by atoms with Gasteiger partial charge in [-0.05, 0) is 6.07 Å². The molecule has 7 heteroatoms. The van der Waals surface area contributed by atoms with Crippen molar-refractivity contribution in [3.63, 3.8) is 0 Å². The van der Waals surface area contributed by atoms with Gasteiger partial charge in [0, 0.05) is 11.6 Å². The van der Waals surface area contributed by atoms with E-state index < -0.39 is 0 Å². The van der Waals surface area contributed by atoms with Crippen LogP contribution < -0.4 is 15.4 Å². The SMILES string of the molecule is O=C1COc2cc(Nc3ncc(-c4ccccc4)o3)c(Cl)cc2N1. The Morgan fingerprint density at radius 1 is 1.21 bits per heavy atom. The minimum atomic E-state index is -0.209. The van der Waals surface area contributed by atoms with E-state index >= 15 is 0 Å². The van der Waals surface area contributed by atoms with Gasteiger partial charge in [-0.3, -0.25) is 4.79 Å². The molecule has 0 bridgehead atoms. The van der Waals surface area contributed by atoms with Crippen LogP contribution in [0.5, 0.6) is 5.75 Å². The number of carbonyl (C=O) groups is 1. The summed E-state index contributed by atoms with van der Waals surface area (Å²) in [6.45, 7) is -0.0226. The molecule has 1 aliphatic heterocycles. The highest BCUT2D eigenvalue weighted by Gasteiger charge is 2.19. The summed E-state index contributed by atoms with van der Waals surface area (Å²) in [6.07, 6.45) is 1.64. The van der Waals surface area contributed by atoms with Gasteiger partial charge in [-0.15, -0.1) is 0 Å². The van der Waals surface area contributed by atoms with Crippen LogP contribution in [0.25, 0.3) is 11.3 Å². The Bertz CT molecular complexity index is 909. The standard InChI is InChI=1S/C17H12ClN3O3/c18-11-6-13-14(23-9-16(22)20-13)7-12(11)21-17-19-8-15(24-17)10-4-2-1-3-5-10/h1-8H,9H2,(H,19,21)(H,20,22). The van der Waals surface area contributed by atoms with Crippen LogP contribution in [0.3, 0.4) is 0 Å². The van der Waals surface area contributed by atoms with Gasteiger partial charge < -0.3 is 19.8 Å². The Kier molecular flexibility index (Phi) is 3.59. The Balaban J connectivity index is 1.60. The Hall–Kier alpha value is -2.99. The zero-order valence-corrected chi connectivity index (χ0v) is 13.1. The van der Waals surface area contributed by atoms with Crippen molar-refractivity contribution in [1.82, 2.24) is 4.98 Å². The maximum atomic E-state index is 11.3. The van der Waals surface area contributed by atoms with Crippen LogP contribution in [0.1, 0.15) is 0 Å². The summed E-state index contributed by atoms with van der Waals surface area (Å²) in [5, 5.41) is 6.14. The molecule has 2 N–H and O–H groups in total. The molecule has 0 saturated carbocycles. The average molecular weight is 342 g/mol. The number of carbonyl (C=O) groups excluding carboxylic acids is 1. The number of hydrogen-bond donors (Lipinski definition) is 2. The number of fused-ring (bicyclic) bond motifs is 1. The van der Waals surface area contributed by atoms with Gasteiger partial charge in [-0.1, -0.05) is 41.9 Å². The highest BCUT2D eigenvalue weighted by molar-refractivity contribution is 6.33. The molecule has 0 unspecified atom stereocenters. The quantitative estimate of drug-likeness (QED) is 0.751. The Labute approximate surface area is 142 Å². The van der Waals surface area contributed by atoms with Crippen LogP contribution >= 0.6 is 11.6 Å². The van der Waals surface area contributed by atoms with Crippen LogP contribution in [0, 0.1) is 0 Å². The first kappa shape index (κ1) is 14.6. The van der Waals surface area contributed by atoms with E-state index in [-0.39, 0.29) is 12.5 Å². The number of nitrogens with one attached hydrogen (secondary N) is 2. The summed E-state index contributed by atoms with van der Waals surface area (Å²) in [4.78, 5) is 15.5. The lowest BCUT2D eigenvalue weighted by Crippen LogP contribution is -2.25. The number of amides is 1. The van der Waals surface area contributed by atoms with E-state index in [0.29, 0.717) is 33.9 Å². The van der Waals surface area contributed by atoms with Crippen LogP contribution in [0.15, 0.2) is 53.1 Å². The fourth-order valence-corrected chi connectivity index (χ4v) is 2.59. The lowest BCUT2D eigenvalue weighted by atomic mass is 10.2. The molecule has 1 aliphatic rings. The van der Waals surface area contributed by atoms with Crippen molar-refractivity contribution in [3.8, 4) is 17.1 Å². The maximum absolute atomic E-state index is 11.3. The fourth-order valence-electron chi connectivity index (χ4n) is 2.38. The molecule has 24 heavy (non-hydrogen) atoms. The molecule has 0 spiro atoms. The van der Waals surface area contributed by atoms with Crippen molar-refractivity contribution in [3.05, 3.63) is 53.7 Å². The van der Waals surface area contributed by atoms with Gasteiger partial charge in [0.15, 0.2) is 12.4 Å². The summed E-state index contributed by atoms with van der Waals surface area (Å²) < 4.78 is 11.1. The molecule has 2 aromatic carbocycles. The van der Waals surface area contributed by atoms with E-state index in [1.807, 2.05) is 30.3 Å². The molecule has 0 aliphatic carbocycles. The summed E-state index contributed by atoms with van der Waals surface area (Å²) >= 11 is 6.24. The minimum absolute atomic E-state index is 0.0226. The van der Waals surface area contributed by atoms with Crippen LogP contribution in [0.2, 0.25) is 5.02 Å². The average Bonchev–Trinajstić information content (AvgIpc) is 3.05. The molecular formula is C17H12ClN3O3. The van der Waals surface area contributed by atoms with Crippen molar-refractivity contribution < 1.29 is 13.9 Å². The lowest BCUT2D eigenvalue weighted by Gasteiger charge is -2.19. The van der Waals surface area contributed by atoms with Crippen LogP contribution in [-0.2, 0) is 4.79 Å². The normalized spacial score (nSPS) is 13.0. The van der Waals surface area contributed by atoms with Gasteiger partial charge in [0.05, 0.1) is 22.6 Å². The number of hydrogen-bond acceptors (Lipinski definition) is 5. The molecular weight excluding hydrogens is 330 g/mol. The van der Waals surface area contributed by atoms with E-state index in [1.54, 1.807) is 18.3 Å². The second-order valence-electron chi connectivity index (χ2n) is 5.19. The Morgan fingerprint density at radius 2 is 2.04 bits per heavy atom. The first-order chi connectivity index (χ1) is 11.7. The lowest BCUT2D eigenvalue weighted by molar-refractivity contribution is -0.118. The molecule has 3 aromatic rings. The number of aromatic nitrogens is 1. The van der Waals surface area contributed by atoms with Gasteiger partial charge in [0.1, 0.15) is 5.75 Å². The van der Waals surface area contributed by atoms with Gasteiger partial charge in [-0.2, -0.15) is 0 Å². The number of benzene rings is 2. The zero-order valence-electron chi connectivity index (χ0n) is 12.4. The molecule has 4 rings (SSSR count). The van der Waals surface area contributed by atoms with E-state index in [9.17, 15) is 4.79 Å². The third-order valence-corrected chi connectivity index (χ3v) is 3.82. The van der Waals surface area contributed by atoms with Crippen molar-refractivity contribution in [2.45, 2.75) is 0 Å². The monoisotopic (exact) mass is 341 g/mol. The summed E-state index contributed by atoms with van der Waals surface area (Å²) in [7, 11) is 0. The molecule has 120 valence electrons. The molecule has 1 aromatic heterocycles. The first-order valence-electron chi connectivity index (χ1n) is 7.23. The topological polar surface area (TPSA) is 76.4 Å². The van der Waals surface area contributed by atoms with Gasteiger partial charge in [0.2, 0.25) is 0 Å². The van der Waals surface area contributed by atoms with Crippen molar-refractivity contribution in [2.24, 2.45) is 0 Å². The highest BCUT2D eigenvalue weighted by Crippen LogP contribution is 2.37. The minimum Gasteiger partial charge on any atom is -0.482 e. The molecule has 0 atom stereocenters. The molecule has 0 radical (unpaired) electrons. The van der Waals surface area contributed by atoms with Crippen molar-refractivity contribution in [2.75, 3.05) is 17.2 Å². The second-order valence-corrected chi connectivity index (χ2v) is 5.59. The number of nitrogens with zero attached hydrogens (tertiary/aromatic N) is 1. The van der Waals surface area contributed by atoms with E-state index in [0.717, 1.165) is 5.56 Å². The fraction of sp³-hybridized carbons (Fsp3) is 0.0588. The highest BCUT2D eigenvalue weighted by atomic mass is 35.5. The smallest absolute Gasteiger partial charge is 0.299 e. The second kappa shape index (κ2) is 5.90. The zero-order chi connectivity index (χ0) is 16.5. The molecule has 1 amide bonds. The number of rotatable bonds is 3. The number of anilines is 3. The third-order valence-electron chi connectivity index (χ3n) is 3.51. The van der Waals surface area contributed by atoms with Crippen molar-refractivity contribution in [1.29, 1.82) is 0 Å².